The topological polar surface area (TPSA) is 55.9 Å². The summed E-state index contributed by atoms with van der Waals surface area (Å²) in [7, 11) is 1.89. The van der Waals surface area contributed by atoms with Gasteiger partial charge in [0.15, 0.2) is 5.75 Å². The van der Waals surface area contributed by atoms with Crippen LogP contribution >= 0.6 is 0 Å². The first-order chi connectivity index (χ1) is 6.65. The molecule has 0 aliphatic rings. The van der Waals surface area contributed by atoms with Gasteiger partial charge < -0.3 is 5.11 Å². The molecule has 2 aromatic rings. The van der Waals surface area contributed by atoms with Crippen molar-refractivity contribution in [1.82, 2.24) is 19.6 Å². The number of aromatic nitrogens is 4. The van der Waals surface area contributed by atoms with Crippen molar-refractivity contribution >= 4 is 0 Å². The molecule has 1 N–H and O–H groups in total. The molecule has 5 heteroatoms. The molecule has 5 nitrogen and oxygen atoms in total. The van der Waals surface area contributed by atoms with Crippen molar-refractivity contribution in [3.8, 4) is 5.75 Å². The van der Waals surface area contributed by atoms with Gasteiger partial charge in [0.2, 0.25) is 0 Å². The Morgan fingerprint density at radius 1 is 1.50 bits per heavy atom. The van der Waals surface area contributed by atoms with Crippen molar-refractivity contribution in [3.05, 3.63) is 29.8 Å². The van der Waals surface area contributed by atoms with Crippen LogP contribution in [0.1, 0.15) is 11.4 Å². The molecule has 0 radical (unpaired) electrons. The predicted octanol–water partition coefficient (Wildman–Crippen LogP) is 0.679. The highest BCUT2D eigenvalue weighted by atomic mass is 16.3. The van der Waals surface area contributed by atoms with Crippen LogP contribution in [-0.4, -0.2) is 24.7 Å². The predicted molar refractivity (Wildman–Crippen MR) is 50.9 cm³/mol. The van der Waals surface area contributed by atoms with Crippen LogP contribution in [0.15, 0.2) is 18.5 Å². The molecule has 0 atom stereocenters. The normalized spacial score (nSPS) is 10.7. The molecule has 0 spiro atoms. The molecule has 0 fully saturated rings. The average Bonchev–Trinajstić information content (AvgIpc) is 2.61. The Morgan fingerprint density at radius 2 is 2.29 bits per heavy atom. The fourth-order valence-corrected chi connectivity index (χ4v) is 1.42. The van der Waals surface area contributed by atoms with Gasteiger partial charge in [-0.05, 0) is 13.0 Å². The molecule has 0 saturated carbocycles. The molecule has 0 aliphatic heterocycles. The third kappa shape index (κ3) is 1.61. The van der Waals surface area contributed by atoms with E-state index >= 15 is 0 Å². The molecule has 2 aromatic heterocycles. The van der Waals surface area contributed by atoms with E-state index in [1.165, 1.54) is 6.20 Å². The van der Waals surface area contributed by atoms with Crippen LogP contribution in [0.3, 0.4) is 0 Å². The lowest BCUT2D eigenvalue weighted by Crippen LogP contribution is -2.05. The summed E-state index contributed by atoms with van der Waals surface area (Å²) in [5.41, 5.74) is 2.05. The molecule has 0 bridgehead atoms. The Labute approximate surface area is 81.6 Å². The Hall–Kier alpha value is -1.78. The van der Waals surface area contributed by atoms with Crippen molar-refractivity contribution in [3.63, 3.8) is 0 Å². The summed E-state index contributed by atoms with van der Waals surface area (Å²) in [6.07, 6.45) is 3.01. The Bertz CT molecular complexity index is 443. The van der Waals surface area contributed by atoms with Gasteiger partial charge in [0, 0.05) is 7.05 Å². The van der Waals surface area contributed by atoms with E-state index in [4.69, 9.17) is 5.11 Å². The monoisotopic (exact) mass is 192 g/mol. The summed E-state index contributed by atoms with van der Waals surface area (Å²) in [6.45, 7) is 2.57. The molecule has 2 rings (SSSR count). The Balaban J connectivity index is 2.22. The van der Waals surface area contributed by atoms with Crippen molar-refractivity contribution in [2.24, 2.45) is 7.05 Å². The van der Waals surface area contributed by atoms with Crippen LogP contribution in [0.4, 0.5) is 0 Å². The van der Waals surface area contributed by atoms with Gasteiger partial charge in [-0.2, -0.15) is 10.2 Å². The molecule has 0 aliphatic carbocycles. The molecule has 2 heterocycles. The van der Waals surface area contributed by atoms with Gasteiger partial charge in [-0.15, -0.1) is 0 Å². The van der Waals surface area contributed by atoms with E-state index < -0.39 is 0 Å². The summed E-state index contributed by atoms with van der Waals surface area (Å²) in [5.74, 6) is 0.184. The fourth-order valence-electron chi connectivity index (χ4n) is 1.42. The lowest BCUT2D eigenvalue weighted by atomic mass is 10.4. The summed E-state index contributed by atoms with van der Waals surface area (Å²) in [5, 5.41) is 17.3. The molecular weight excluding hydrogens is 180 g/mol. The van der Waals surface area contributed by atoms with Crippen LogP contribution in [-0.2, 0) is 13.6 Å². The highest BCUT2D eigenvalue weighted by Gasteiger charge is 2.03. The third-order valence-electron chi connectivity index (χ3n) is 2.04. The van der Waals surface area contributed by atoms with E-state index in [0.29, 0.717) is 6.54 Å². The zero-order chi connectivity index (χ0) is 10.1. The van der Waals surface area contributed by atoms with Crippen LogP contribution in [0, 0.1) is 6.92 Å². The zero-order valence-electron chi connectivity index (χ0n) is 8.18. The largest absolute Gasteiger partial charge is 0.505 e. The zero-order valence-corrected chi connectivity index (χ0v) is 8.18. The number of rotatable bonds is 2. The summed E-state index contributed by atoms with van der Waals surface area (Å²) in [6, 6.07) is 2.00. The summed E-state index contributed by atoms with van der Waals surface area (Å²) < 4.78 is 3.49. The first-order valence-electron chi connectivity index (χ1n) is 4.36. The average molecular weight is 192 g/mol. The van der Waals surface area contributed by atoms with Crippen molar-refractivity contribution in [2.45, 2.75) is 13.5 Å². The molecule has 0 unspecified atom stereocenters. The molecule has 14 heavy (non-hydrogen) atoms. The maximum absolute atomic E-state index is 9.10. The second kappa shape index (κ2) is 3.17. The molecular formula is C9H12N4O. The summed E-state index contributed by atoms with van der Waals surface area (Å²) >= 11 is 0. The lowest BCUT2D eigenvalue weighted by Gasteiger charge is -2.00. The van der Waals surface area contributed by atoms with Gasteiger partial charge in [0.1, 0.15) is 0 Å². The highest BCUT2D eigenvalue weighted by molar-refractivity contribution is 5.12. The van der Waals surface area contributed by atoms with Crippen LogP contribution in [0.5, 0.6) is 5.75 Å². The molecule has 74 valence electrons. The van der Waals surface area contributed by atoms with Gasteiger partial charge in [-0.25, -0.2) is 0 Å². The molecule has 0 saturated heterocycles. The quantitative estimate of drug-likeness (QED) is 0.761. The van der Waals surface area contributed by atoms with E-state index in [-0.39, 0.29) is 5.75 Å². The van der Waals surface area contributed by atoms with E-state index in [9.17, 15) is 0 Å². The van der Waals surface area contributed by atoms with Crippen LogP contribution in [0.2, 0.25) is 0 Å². The smallest absolute Gasteiger partial charge is 0.153 e. The van der Waals surface area contributed by atoms with E-state index in [1.54, 1.807) is 10.9 Å². The van der Waals surface area contributed by atoms with Gasteiger partial charge in [-0.1, -0.05) is 0 Å². The Morgan fingerprint density at radius 3 is 2.79 bits per heavy atom. The first-order valence-corrected chi connectivity index (χ1v) is 4.36. The standard InChI is InChI=1S/C9H12N4O/c1-7-3-8(12(2)11-7)5-13-6-9(14)4-10-13/h3-4,6,14H,5H2,1-2H3. The molecule has 0 aromatic carbocycles. The van der Waals surface area contributed by atoms with Gasteiger partial charge in [-0.3, -0.25) is 9.36 Å². The second-order valence-corrected chi connectivity index (χ2v) is 3.30. The van der Waals surface area contributed by atoms with Gasteiger partial charge in [0.25, 0.3) is 0 Å². The third-order valence-corrected chi connectivity index (χ3v) is 2.04. The number of hydrogen-bond acceptors (Lipinski definition) is 3. The van der Waals surface area contributed by atoms with Gasteiger partial charge in [0.05, 0.1) is 30.3 Å². The Kier molecular flexibility index (Phi) is 1.99. The minimum atomic E-state index is 0.184. The van der Waals surface area contributed by atoms with Crippen molar-refractivity contribution in [1.29, 1.82) is 0 Å². The van der Waals surface area contributed by atoms with E-state index in [1.807, 2.05) is 24.7 Å². The number of aromatic hydroxyl groups is 1. The fraction of sp³-hybridized carbons (Fsp3) is 0.333. The minimum absolute atomic E-state index is 0.184. The number of hydrogen-bond donors (Lipinski definition) is 1. The first kappa shape index (κ1) is 8.80. The van der Waals surface area contributed by atoms with E-state index in [2.05, 4.69) is 10.2 Å². The SMILES string of the molecule is Cc1cc(Cn2cc(O)cn2)n(C)n1. The lowest BCUT2D eigenvalue weighted by molar-refractivity contribution is 0.474. The second-order valence-electron chi connectivity index (χ2n) is 3.30. The van der Waals surface area contributed by atoms with Crippen LogP contribution in [0.25, 0.3) is 0 Å². The minimum Gasteiger partial charge on any atom is -0.505 e. The summed E-state index contributed by atoms with van der Waals surface area (Å²) in [4.78, 5) is 0. The maximum atomic E-state index is 9.10. The van der Waals surface area contributed by atoms with E-state index in [0.717, 1.165) is 11.4 Å². The van der Waals surface area contributed by atoms with Crippen molar-refractivity contribution < 1.29 is 5.11 Å². The highest BCUT2D eigenvalue weighted by Crippen LogP contribution is 2.08. The maximum Gasteiger partial charge on any atom is 0.153 e. The van der Waals surface area contributed by atoms with Crippen LogP contribution < -0.4 is 0 Å². The number of nitrogens with zero attached hydrogens (tertiary/aromatic N) is 4. The number of aryl methyl sites for hydroxylation is 2. The van der Waals surface area contributed by atoms with Gasteiger partial charge >= 0.3 is 0 Å². The molecule has 0 amide bonds. The van der Waals surface area contributed by atoms with Crippen molar-refractivity contribution in [2.75, 3.05) is 0 Å².